The van der Waals surface area contributed by atoms with Crippen molar-refractivity contribution in [3.05, 3.63) is 132 Å². The first-order valence-electron chi connectivity index (χ1n) is 8.82. The molecule has 0 bridgehead atoms. The van der Waals surface area contributed by atoms with E-state index in [1.165, 1.54) is 11.1 Å². The Labute approximate surface area is 156 Å². The van der Waals surface area contributed by atoms with Crippen molar-refractivity contribution in [2.75, 3.05) is 0 Å². The summed E-state index contributed by atoms with van der Waals surface area (Å²) in [5, 5.41) is 0. The topological polar surface area (TPSA) is 0 Å². The summed E-state index contributed by atoms with van der Waals surface area (Å²) < 4.78 is 0. The van der Waals surface area contributed by atoms with Crippen LogP contribution in [0.4, 0.5) is 0 Å². The third-order valence-electron chi connectivity index (χ3n) is 4.65. The summed E-state index contributed by atoms with van der Waals surface area (Å²) in [4.78, 5) is 0. The maximum Gasteiger partial charge on any atom is -0.00258 e. The Morgan fingerprint density at radius 2 is 1.08 bits per heavy atom. The third kappa shape index (κ3) is 4.10. The van der Waals surface area contributed by atoms with Gasteiger partial charge in [0.25, 0.3) is 0 Å². The fourth-order valence-corrected chi connectivity index (χ4v) is 2.94. The molecule has 3 rings (SSSR count). The molecule has 0 heterocycles. The minimum Gasteiger partial charge on any atom is -0.0955 e. The number of hydrogen-bond acceptors (Lipinski definition) is 0. The number of hydrogen-bond donors (Lipinski definition) is 0. The van der Waals surface area contributed by atoms with Gasteiger partial charge in [-0.05, 0) is 52.3 Å². The summed E-state index contributed by atoms with van der Waals surface area (Å²) in [7, 11) is 0. The zero-order valence-corrected chi connectivity index (χ0v) is 15.3. The van der Waals surface area contributed by atoms with Crippen LogP contribution in [-0.2, 0) is 6.42 Å². The maximum atomic E-state index is 4.23. The van der Waals surface area contributed by atoms with E-state index in [4.69, 9.17) is 0 Å². The van der Waals surface area contributed by atoms with Gasteiger partial charge in [-0.1, -0.05) is 104 Å². The Morgan fingerprint density at radius 1 is 0.615 bits per heavy atom. The highest BCUT2D eigenvalue weighted by atomic mass is 14.1. The van der Waals surface area contributed by atoms with Crippen molar-refractivity contribution in [2.45, 2.75) is 13.3 Å². The van der Waals surface area contributed by atoms with Crippen LogP contribution in [0.2, 0.25) is 0 Å². The summed E-state index contributed by atoms with van der Waals surface area (Å²) >= 11 is 0. The molecule has 3 aromatic carbocycles. The Morgan fingerprint density at radius 3 is 1.58 bits per heavy atom. The summed E-state index contributed by atoms with van der Waals surface area (Å²) in [5.41, 5.74) is 9.10. The predicted molar refractivity (Wildman–Crippen MR) is 114 cm³/mol. The van der Waals surface area contributed by atoms with E-state index in [9.17, 15) is 0 Å². The Hall–Kier alpha value is -3.12. The second kappa shape index (κ2) is 7.84. The third-order valence-corrected chi connectivity index (χ3v) is 4.65. The molecule has 26 heavy (non-hydrogen) atoms. The second-order valence-corrected chi connectivity index (χ2v) is 6.67. The molecule has 0 saturated carbocycles. The number of benzene rings is 3. The quantitative estimate of drug-likeness (QED) is 0.428. The van der Waals surface area contributed by atoms with Crippen LogP contribution >= 0.6 is 0 Å². The van der Waals surface area contributed by atoms with E-state index in [2.05, 4.69) is 80.4 Å². The molecule has 0 nitrogen and oxygen atoms in total. The molecule has 0 heteroatoms. The van der Waals surface area contributed by atoms with E-state index in [-0.39, 0.29) is 0 Å². The standard InChI is InChI=1S/C26H24/c1-19(2)20(3)25-14-10-22(11-15-25)18-23-12-16-26(17-13-23)21(4)24-8-6-5-7-9-24/h5-17H,1,3-4,18H2,2H3. The summed E-state index contributed by atoms with van der Waals surface area (Å²) in [5.74, 6) is 0. The number of rotatable bonds is 6. The monoisotopic (exact) mass is 336 g/mol. The zero-order valence-electron chi connectivity index (χ0n) is 15.3. The molecule has 0 aliphatic heterocycles. The van der Waals surface area contributed by atoms with Gasteiger partial charge < -0.3 is 0 Å². The van der Waals surface area contributed by atoms with Crippen molar-refractivity contribution in [1.82, 2.24) is 0 Å². The lowest BCUT2D eigenvalue weighted by Crippen LogP contribution is -1.91. The van der Waals surface area contributed by atoms with E-state index in [1.54, 1.807) is 0 Å². The van der Waals surface area contributed by atoms with E-state index in [0.29, 0.717) is 0 Å². The van der Waals surface area contributed by atoms with Crippen LogP contribution in [0, 0.1) is 0 Å². The first kappa shape index (κ1) is 17.7. The highest BCUT2D eigenvalue weighted by Gasteiger charge is 2.04. The molecule has 0 fully saturated rings. The van der Waals surface area contributed by atoms with Crippen LogP contribution in [0.25, 0.3) is 11.1 Å². The predicted octanol–water partition coefficient (Wildman–Crippen LogP) is 6.93. The largest absolute Gasteiger partial charge is 0.0955 e. The molecule has 0 saturated heterocycles. The molecule has 0 aliphatic rings. The molecule has 0 aliphatic carbocycles. The van der Waals surface area contributed by atoms with Gasteiger partial charge in [-0.15, -0.1) is 0 Å². The molecule has 0 unspecified atom stereocenters. The van der Waals surface area contributed by atoms with Crippen molar-refractivity contribution >= 4 is 11.1 Å². The average molecular weight is 336 g/mol. The minimum absolute atomic E-state index is 0.915. The first-order chi connectivity index (χ1) is 12.5. The van der Waals surface area contributed by atoms with E-state index >= 15 is 0 Å². The zero-order chi connectivity index (χ0) is 18.5. The van der Waals surface area contributed by atoms with E-state index in [1.807, 2.05) is 25.1 Å². The van der Waals surface area contributed by atoms with Gasteiger partial charge >= 0.3 is 0 Å². The fourth-order valence-electron chi connectivity index (χ4n) is 2.94. The van der Waals surface area contributed by atoms with Gasteiger partial charge in [-0.25, -0.2) is 0 Å². The van der Waals surface area contributed by atoms with Crippen molar-refractivity contribution in [2.24, 2.45) is 0 Å². The molecule has 128 valence electrons. The molecular formula is C26H24. The molecule has 0 spiro atoms. The van der Waals surface area contributed by atoms with Crippen LogP contribution in [0.5, 0.6) is 0 Å². The molecular weight excluding hydrogens is 312 g/mol. The van der Waals surface area contributed by atoms with Crippen LogP contribution < -0.4 is 0 Å². The van der Waals surface area contributed by atoms with Crippen molar-refractivity contribution in [1.29, 1.82) is 0 Å². The van der Waals surface area contributed by atoms with Crippen LogP contribution in [0.15, 0.2) is 104 Å². The van der Waals surface area contributed by atoms with Gasteiger partial charge in [0.1, 0.15) is 0 Å². The first-order valence-corrected chi connectivity index (χ1v) is 8.82. The molecule has 3 aromatic rings. The van der Waals surface area contributed by atoms with Gasteiger partial charge in [-0.2, -0.15) is 0 Å². The van der Waals surface area contributed by atoms with Gasteiger partial charge in [0.2, 0.25) is 0 Å². The van der Waals surface area contributed by atoms with Gasteiger partial charge in [0, 0.05) is 0 Å². The normalized spacial score (nSPS) is 10.3. The Bertz CT molecular complexity index is 924. The second-order valence-electron chi connectivity index (χ2n) is 6.67. The summed E-state index contributed by atoms with van der Waals surface area (Å²) in [6, 6.07) is 27.6. The van der Waals surface area contributed by atoms with E-state index < -0.39 is 0 Å². The van der Waals surface area contributed by atoms with Crippen LogP contribution in [0.3, 0.4) is 0 Å². The highest BCUT2D eigenvalue weighted by molar-refractivity contribution is 5.78. The molecule has 0 aromatic heterocycles. The molecule has 0 amide bonds. The lowest BCUT2D eigenvalue weighted by atomic mass is 9.96. The van der Waals surface area contributed by atoms with Crippen molar-refractivity contribution < 1.29 is 0 Å². The molecule has 0 radical (unpaired) electrons. The van der Waals surface area contributed by atoms with Crippen molar-refractivity contribution in [3.8, 4) is 0 Å². The summed E-state index contributed by atoms with van der Waals surface area (Å²) in [6.07, 6.45) is 0.915. The molecule has 0 N–H and O–H groups in total. The molecule has 0 atom stereocenters. The van der Waals surface area contributed by atoms with Gasteiger partial charge in [-0.3, -0.25) is 0 Å². The van der Waals surface area contributed by atoms with E-state index in [0.717, 1.165) is 39.8 Å². The smallest absolute Gasteiger partial charge is 0.00258 e. The lowest BCUT2D eigenvalue weighted by Gasteiger charge is -2.09. The maximum absolute atomic E-state index is 4.23. The summed E-state index contributed by atoms with van der Waals surface area (Å²) in [6.45, 7) is 14.3. The Balaban J connectivity index is 1.70. The minimum atomic E-state index is 0.915. The van der Waals surface area contributed by atoms with Crippen molar-refractivity contribution in [3.63, 3.8) is 0 Å². The lowest BCUT2D eigenvalue weighted by molar-refractivity contribution is 1.19. The SMILES string of the molecule is C=C(C)C(=C)c1ccc(Cc2ccc(C(=C)c3ccccc3)cc2)cc1. The van der Waals surface area contributed by atoms with Gasteiger partial charge in [0.05, 0.1) is 0 Å². The van der Waals surface area contributed by atoms with Gasteiger partial charge in [0.15, 0.2) is 0 Å². The highest BCUT2D eigenvalue weighted by Crippen LogP contribution is 2.23. The van der Waals surface area contributed by atoms with Crippen LogP contribution in [-0.4, -0.2) is 0 Å². The Kier molecular flexibility index (Phi) is 5.34. The fraction of sp³-hybridized carbons (Fsp3) is 0.0769. The number of allylic oxidation sites excluding steroid dienone is 2. The average Bonchev–Trinajstić information content (AvgIpc) is 2.68. The van der Waals surface area contributed by atoms with Crippen LogP contribution in [0.1, 0.15) is 34.7 Å².